The van der Waals surface area contributed by atoms with E-state index in [1.54, 1.807) is 43.3 Å². The lowest BCUT2D eigenvalue weighted by Gasteiger charge is -2.13. The molecule has 0 fully saturated rings. The monoisotopic (exact) mass is 306 g/mol. The van der Waals surface area contributed by atoms with Gasteiger partial charge in [0.05, 0.1) is 12.8 Å². The van der Waals surface area contributed by atoms with Crippen LogP contribution in [0.3, 0.4) is 0 Å². The molecule has 6 heteroatoms. The summed E-state index contributed by atoms with van der Waals surface area (Å²) in [5, 5.41) is 5.76. The Balaban J connectivity index is 1.86. The maximum Gasteiger partial charge on any atom is 0.251 e. The third-order valence-corrected chi connectivity index (χ3v) is 3.08. The minimum atomic E-state index is -0.661. The van der Waals surface area contributed by atoms with Crippen LogP contribution in [0.4, 0.5) is 0 Å². The molecule has 110 valence electrons. The van der Waals surface area contributed by atoms with E-state index in [1.165, 1.54) is 6.26 Å². The van der Waals surface area contributed by atoms with Crippen LogP contribution in [0.15, 0.2) is 47.1 Å². The van der Waals surface area contributed by atoms with Crippen molar-refractivity contribution < 1.29 is 14.0 Å². The Labute approximate surface area is 127 Å². The second-order valence-electron chi connectivity index (χ2n) is 4.50. The standard InChI is InChI=1S/C15H15ClN2O3/c1-10(14(19)17-9-13-6-3-7-21-13)18-15(20)11-4-2-5-12(16)8-11/h2-8,10H,9H2,1H3,(H,17,19)(H,18,20)/t10-/m1/s1. The van der Waals surface area contributed by atoms with Gasteiger partial charge in [0.1, 0.15) is 11.8 Å². The van der Waals surface area contributed by atoms with Crippen LogP contribution in [-0.4, -0.2) is 17.9 Å². The first-order chi connectivity index (χ1) is 10.1. The Bertz CT molecular complexity index is 626. The van der Waals surface area contributed by atoms with Gasteiger partial charge in [0.2, 0.25) is 5.91 Å². The van der Waals surface area contributed by atoms with Gasteiger partial charge in [-0.25, -0.2) is 0 Å². The molecule has 1 aromatic carbocycles. The van der Waals surface area contributed by atoms with Crippen molar-refractivity contribution in [1.29, 1.82) is 0 Å². The Hall–Kier alpha value is -2.27. The van der Waals surface area contributed by atoms with Crippen molar-refractivity contribution in [3.05, 3.63) is 59.0 Å². The number of nitrogens with one attached hydrogen (secondary N) is 2. The number of amides is 2. The summed E-state index contributed by atoms with van der Waals surface area (Å²) in [4.78, 5) is 23.9. The van der Waals surface area contributed by atoms with Crippen molar-refractivity contribution >= 4 is 23.4 Å². The molecule has 2 N–H and O–H groups in total. The SMILES string of the molecule is C[C@@H](NC(=O)c1cccc(Cl)c1)C(=O)NCc1ccco1. The molecule has 0 saturated carbocycles. The molecule has 0 unspecified atom stereocenters. The van der Waals surface area contributed by atoms with Crippen molar-refractivity contribution in [2.75, 3.05) is 0 Å². The van der Waals surface area contributed by atoms with Crippen molar-refractivity contribution in [3.8, 4) is 0 Å². The van der Waals surface area contributed by atoms with Crippen LogP contribution < -0.4 is 10.6 Å². The third-order valence-electron chi connectivity index (χ3n) is 2.84. The van der Waals surface area contributed by atoms with Crippen LogP contribution >= 0.6 is 11.6 Å². The summed E-state index contributed by atoms with van der Waals surface area (Å²) in [7, 11) is 0. The van der Waals surface area contributed by atoms with E-state index in [1.807, 2.05) is 0 Å². The smallest absolute Gasteiger partial charge is 0.251 e. The van der Waals surface area contributed by atoms with Crippen molar-refractivity contribution in [1.82, 2.24) is 10.6 Å². The van der Waals surface area contributed by atoms with Crippen LogP contribution in [-0.2, 0) is 11.3 Å². The molecule has 2 aromatic rings. The Morgan fingerprint density at radius 1 is 1.29 bits per heavy atom. The fraction of sp³-hybridized carbons (Fsp3) is 0.200. The first-order valence-electron chi connectivity index (χ1n) is 6.43. The molecule has 0 bridgehead atoms. The number of hydrogen-bond donors (Lipinski definition) is 2. The largest absolute Gasteiger partial charge is 0.467 e. The van der Waals surface area contributed by atoms with Gasteiger partial charge in [-0.05, 0) is 37.3 Å². The highest BCUT2D eigenvalue weighted by atomic mass is 35.5. The predicted molar refractivity (Wildman–Crippen MR) is 78.9 cm³/mol. The number of halogens is 1. The molecule has 0 aliphatic rings. The number of rotatable bonds is 5. The maximum absolute atomic E-state index is 12.0. The lowest BCUT2D eigenvalue weighted by atomic mass is 10.2. The molecule has 1 atom stereocenters. The fourth-order valence-electron chi connectivity index (χ4n) is 1.72. The van der Waals surface area contributed by atoms with Crippen molar-refractivity contribution in [3.63, 3.8) is 0 Å². The van der Waals surface area contributed by atoms with Gasteiger partial charge in [-0.1, -0.05) is 17.7 Å². The summed E-state index contributed by atoms with van der Waals surface area (Å²) in [6.45, 7) is 1.89. The van der Waals surface area contributed by atoms with Gasteiger partial charge < -0.3 is 15.1 Å². The van der Waals surface area contributed by atoms with E-state index < -0.39 is 6.04 Å². The van der Waals surface area contributed by atoms with Crippen molar-refractivity contribution in [2.24, 2.45) is 0 Å². The fourth-order valence-corrected chi connectivity index (χ4v) is 1.91. The van der Waals surface area contributed by atoms with Gasteiger partial charge in [0.25, 0.3) is 5.91 Å². The van der Waals surface area contributed by atoms with E-state index in [-0.39, 0.29) is 18.4 Å². The van der Waals surface area contributed by atoms with Gasteiger partial charge in [-0.2, -0.15) is 0 Å². The van der Waals surface area contributed by atoms with E-state index in [4.69, 9.17) is 16.0 Å². The minimum Gasteiger partial charge on any atom is -0.467 e. The predicted octanol–water partition coefficient (Wildman–Crippen LogP) is 2.37. The maximum atomic E-state index is 12.0. The Morgan fingerprint density at radius 3 is 2.76 bits per heavy atom. The molecule has 1 heterocycles. The van der Waals surface area contributed by atoms with E-state index >= 15 is 0 Å². The number of hydrogen-bond acceptors (Lipinski definition) is 3. The normalized spacial score (nSPS) is 11.7. The van der Waals surface area contributed by atoms with E-state index in [2.05, 4.69) is 10.6 Å². The van der Waals surface area contributed by atoms with Crippen LogP contribution in [0.1, 0.15) is 23.0 Å². The average Bonchev–Trinajstić information content (AvgIpc) is 2.97. The molecule has 2 amide bonds. The summed E-state index contributed by atoms with van der Waals surface area (Å²) in [6.07, 6.45) is 1.53. The molecule has 0 aliphatic heterocycles. The first kappa shape index (κ1) is 15.1. The summed E-state index contributed by atoms with van der Waals surface area (Å²) >= 11 is 5.83. The average molecular weight is 307 g/mol. The Kier molecular flexibility index (Phi) is 5.00. The second kappa shape index (κ2) is 6.95. The molecule has 0 radical (unpaired) electrons. The van der Waals surface area contributed by atoms with Gasteiger partial charge in [0.15, 0.2) is 0 Å². The van der Waals surface area contributed by atoms with Gasteiger partial charge in [0, 0.05) is 10.6 Å². The van der Waals surface area contributed by atoms with Crippen LogP contribution in [0.5, 0.6) is 0 Å². The molecule has 2 rings (SSSR count). The van der Waals surface area contributed by atoms with Crippen LogP contribution in [0.2, 0.25) is 5.02 Å². The molecule has 0 aliphatic carbocycles. The molecule has 0 saturated heterocycles. The summed E-state index contributed by atoms with van der Waals surface area (Å²) in [5.41, 5.74) is 0.410. The molecule has 1 aromatic heterocycles. The summed E-state index contributed by atoms with van der Waals surface area (Å²) in [5.74, 6) is 0.0108. The highest BCUT2D eigenvalue weighted by Crippen LogP contribution is 2.10. The molecular formula is C15H15ClN2O3. The highest BCUT2D eigenvalue weighted by Gasteiger charge is 2.16. The molecule has 0 spiro atoms. The quantitative estimate of drug-likeness (QED) is 0.891. The zero-order valence-corrected chi connectivity index (χ0v) is 12.2. The van der Waals surface area contributed by atoms with Crippen molar-refractivity contribution in [2.45, 2.75) is 19.5 Å². The second-order valence-corrected chi connectivity index (χ2v) is 4.94. The lowest BCUT2D eigenvalue weighted by Crippen LogP contribution is -2.44. The van der Waals surface area contributed by atoms with E-state index in [9.17, 15) is 9.59 Å². The zero-order chi connectivity index (χ0) is 15.2. The topological polar surface area (TPSA) is 71.3 Å². The third kappa shape index (κ3) is 4.36. The van der Waals surface area contributed by atoms with Crippen LogP contribution in [0.25, 0.3) is 0 Å². The Morgan fingerprint density at radius 2 is 2.10 bits per heavy atom. The van der Waals surface area contributed by atoms with E-state index in [0.29, 0.717) is 16.3 Å². The van der Waals surface area contributed by atoms with E-state index in [0.717, 1.165) is 0 Å². The lowest BCUT2D eigenvalue weighted by molar-refractivity contribution is -0.122. The van der Waals surface area contributed by atoms with Gasteiger partial charge in [-0.3, -0.25) is 9.59 Å². The van der Waals surface area contributed by atoms with Gasteiger partial charge >= 0.3 is 0 Å². The first-order valence-corrected chi connectivity index (χ1v) is 6.80. The summed E-state index contributed by atoms with van der Waals surface area (Å²) in [6, 6.07) is 9.38. The number of carbonyl (C=O) groups excluding carboxylic acids is 2. The summed E-state index contributed by atoms with van der Waals surface area (Å²) < 4.78 is 5.11. The minimum absolute atomic E-state index is 0.281. The highest BCUT2D eigenvalue weighted by molar-refractivity contribution is 6.31. The van der Waals surface area contributed by atoms with Gasteiger partial charge in [-0.15, -0.1) is 0 Å². The molecule has 5 nitrogen and oxygen atoms in total. The van der Waals surface area contributed by atoms with Crippen LogP contribution in [0, 0.1) is 0 Å². The molecular weight excluding hydrogens is 292 g/mol. The number of carbonyl (C=O) groups is 2. The zero-order valence-electron chi connectivity index (χ0n) is 11.4. The number of benzene rings is 1. The molecule has 21 heavy (non-hydrogen) atoms. The number of furan rings is 1.